The fourth-order valence-corrected chi connectivity index (χ4v) is 9.21. The molecule has 11 aromatic carbocycles. The molecule has 1 aromatic heterocycles. The first kappa shape index (κ1) is 29.1. The molecule has 1 heterocycles. The molecule has 0 bridgehead atoms. The van der Waals surface area contributed by atoms with Gasteiger partial charge in [-0.15, -0.1) is 0 Å². The first-order valence-corrected chi connectivity index (χ1v) is 20.8. The minimum Gasteiger partial charge on any atom is -0.310 e. The van der Waals surface area contributed by atoms with E-state index in [0.717, 1.165) is 72.2 Å². The molecule has 12 aromatic rings. The van der Waals surface area contributed by atoms with E-state index < -0.39 is 30.2 Å². The smallest absolute Gasteiger partial charge is 0.0629 e. The molecule has 0 aliphatic heterocycles. The lowest BCUT2D eigenvalue weighted by atomic mass is 9.96. The van der Waals surface area contributed by atoms with Gasteiger partial charge in [0, 0.05) is 33.1 Å². The summed E-state index contributed by atoms with van der Waals surface area (Å²) < 4.78 is 63.3. The van der Waals surface area contributed by atoms with E-state index in [1.807, 2.05) is 30.3 Å². The van der Waals surface area contributed by atoms with Gasteiger partial charge in [0.1, 0.15) is 0 Å². The van der Waals surface area contributed by atoms with Crippen molar-refractivity contribution in [3.05, 3.63) is 242 Å². The largest absolute Gasteiger partial charge is 0.310 e. The predicted molar refractivity (Wildman–Crippen MR) is 264 cm³/mol. The van der Waals surface area contributed by atoms with Gasteiger partial charge in [-0.25, -0.2) is 0 Å². The predicted octanol–water partition coefficient (Wildman–Crippen LogP) is 16.7. The molecule has 0 amide bonds. The highest BCUT2D eigenvalue weighted by Crippen LogP contribution is 2.46. The summed E-state index contributed by atoms with van der Waals surface area (Å²) in [6.45, 7) is 0. The third-order valence-corrected chi connectivity index (χ3v) is 12.1. The summed E-state index contributed by atoms with van der Waals surface area (Å²) in [6, 6.07) is 66.8. The van der Waals surface area contributed by atoms with E-state index in [1.54, 1.807) is 0 Å². The zero-order valence-corrected chi connectivity index (χ0v) is 33.4. The average molecular weight is 796 g/mol. The fourth-order valence-electron chi connectivity index (χ4n) is 9.21. The van der Waals surface area contributed by atoms with Crippen LogP contribution < -0.4 is 4.90 Å². The van der Waals surface area contributed by atoms with Crippen LogP contribution >= 0.6 is 0 Å². The molecule has 0 N–H and O–H groups in total. The lowest BCUT2D eigenvalue weighted by Gasteiger charge is -2.28. The molecular formula is C60H40N2. The van der Waals surface area contributed by atoms with Gasteiger partial charge in [-0.1, -0.05) is 188 Å². The summed E-state index contributed by atoms with van der Waals surface area (Å²) in [5.41, 5.74) is 10.8. The van der Waals surface area contributed by atoms with Crippen molar-refractivity contribution in [2.24, 2.45) is 0 Å². The number of nitrogens with zero attached hydrogens (tertiary/aromatic N) is 2. The van der Waals surface area contributed by atoms with Crippen molar-refractivity contribution in [2.75, 3.05) is 4.90 Å². The number of benzene rings is 11. The van der Waals surface area contributed by atoms with Crippen LogP contribution in [0.1, 0.15) is 9.60 Å². The number of fused-ring (bicyclic) bond motifs is 6. The molecule has 0 atom stereocenters. The summed E-state index contributed by atoms with van der Waals surface area (Å²) in [6.07, 6.45) is 0. The molecule has 0 saturated heterocycles. The zero-order valence-electron chi connectivity index (χ0n) is 40.4. The van der Waals surface area contributed by atoms with Crippen molar-refractivity contribution in [1.82, 2.24) is 4.57 Å². The van der Waals surface area contributed by atoms with Gasteiger partial charge in [-0.2, -0.15) is 0 Å². The minimum absolute atomic E-state index is 0.0574. The maximum atomic E-state index is 9.06. The number of aromatic nitrogens is 1. The lowest BCUT2D eigenvalue weighted by Crippen LogP contribution is -2.11. The zero-order chi connectivity index (χ0) is 47.1. The number of anilines is 3. The summed E-state index contributed by atoms with van der Waals surface area (Å²) in [4.78, 5) is 2.22. The molecule has 2 nitrogen and oxygen atoms in total. The molecular weight excluding hydrogens is 749 g/mol. The summed E-state index contributed by atoms with van der Waals surface area (Å²) in [7, 11) is 0. The van der Waals surface area contributed by atoms with Gasteiger partial charge in [-0.05, 0) is 109 Å². The Morgan fingerprint density at radius 1 is 0.355 bits per heavy atom. The number of para-hydroxylation sites is 2. The summed E-state index contributed by atoms with van der Waals surface area (Å²) in [5, 5.41) is 6.92. The molecule has 0 aliphatic rings. The Morgan fingerprint density at radius 3 is 1.82 bits per heavy atom. The van der Waals surface area contributed by atoms with Gasteiger partial charge >= 0.3 is 0 Å². The van der Waals surface area contributed by atoms with Crippen LogP contribution in [0.15, 0.2) is 242 Å². The van der Waals surface area contributed by atoms with Crippen molar-refractivity contribution in [3.8, 4) is 39.1 Å². The van der Waals surface area contributed by atoms with Gasteiger partial charge in [-0.3, -0.25) is 0 Å². The topological polar surface area (TPSA) is 8.17 Å². The Kier molecular flexibility index (Phi) is 6.95. The van der Waals surface area contributed by atoms with Crippen molar-refractivity contribution in [1.29, 1.82) is 0 Å². The van der Waals surface area contributed by atoms with E-state index >= 15 is 0 Å². The van der Waals surface area contributed by atoms with Gasteiger partial charge in [0.15, 0.2) is 0 Å². The monoisotopic (exact) mass is 795 g/mol. The van der Waals surface area contributed by atoms with E-state index in [-0.39, 0.29) is 28.4 Å². The second-order valence-electron chi connectivity index (χ2n) is 15.6. The van der Waals surface area contributed by atoms with Crippen LogP contribution in [0, 0.1) is 0 Å². The molecule has 0 fully saturated rings. The van der Waals surface area contributed by atoms with E-state index in [9.17, 15) is 0 Å². The Balaban J connectivity index is 1.06. The van der Waals surface area contributed by atoms with Crippen molar-refractivity contribution < 1.29 is 9.60 Å². The Labute approximate surface area is 370 Å². The number of rotatable bonds is 7. The first-order chi connectivity index (χ1) is 33.7. The van der Waals surface area contributed by atoms with E-state index in [2.05, 4.69) is 179 Å². The van der Waals surface area contributed by atoms with Gasteiger partial charge in [0.25, 0.3) is 0 Å². The maximum Gasteiger partial charge on any atom is 0.0629 e. The Morgan fingerprint density at radius 2 is 0.968 bits per heavy atom. The number of hydrogen-bond acceptors (Lipinski definition) is 1. The SMILES string of the molecule is [2H]c1c([2H])c([2H])c2c(-c3ccc(N(c4ccc(-c5ccc6ccccc6c5)cc4)c4ccccc4-c4cccc5c4c4ccccc4n5-c4cccc5ccccc45)cc3)c([2H])c([2H])c([2H])c2c1[2H]. The highest BCUT2D eigenvalue weighted by molar-refractivity contribution is 6.17. The Bertz CT molecular complexity index is 4040. The van der Waals surface area contributed by atoms with E-state index in [1.165, 1.54) is 16.2 Å². The van der Waals surface area contributed by atoms with Crippen LogP contribution in [-0.2, 0) is 0 Å². The van der Waals surface area contributed by atoms with E-state index in [0.29, 0.717) is 5.56 Å². The number of hydrogen-bond donors (Lipinski definition) is 0. The normalized spacial score (nSPS) is 13.1. The van der Waals surface area contributed by atoms with Crippen LogP contribution in [0.3, 0.4) is 0 Å². The van der Waals surface area contributed by atoms with Gasteiger partial charge in [0.2, 0.25) is 0 Å². The second-order valence-corrected chi connectivity index (χ2v) is 15.6. The second kappa shape index (κ2) is 14.8. The van der Waals surface area contributed by atoms with Crippen molar-refractivity contribution in [3.63, 3.8) is 0 Å². The van der Waals surface area contributed by atoms with Gasteiger partial charge in [0.05, 0.1) is 32.0 Å². The van der Waals surface area contributed by atoms with Crippen molar-refractivity contribution >= 4 is 71.2 Å². The standard InChI is InChI=1S/C60H40N2/c1-2-17-46-40-47(31-30-41(46)14-1)42-32-36-48(37-33-42)61(49-38-34-45(35-39-49)51-24-11-18-43-15-3-5-20-50(43)51)57-26-9-7-22-53(57)54-25-13-29-59-60(54)55-23-8-10-27-58(55)62(59)56-28-12-19-44-16-4-6-21-52(44)56/h1-40H/i3D,5D,11D,15D,18D,20D,24D. The lowest BCUT2D eigenvalue weighted by molar-refractivity contribution is 1.20. The summed E-state index contributed by atoms with van der Waals surface area (Å²) >= 11 is 0. The van der Waals surface area contributed by atoms with Crippen LogP contribution in [-0.4, -0.2) is 4.57 Å². The van der Waals surface area contributed by atoms with Crippen LogP contribution in [0.25, 0.3) is 93.2 Å². The Hall–Kier alpha value is -8.20. The highest BCUT2D eigenvalue weighted by atomic mass is 15.1. The van der Waals surface area contributed by atoms with Crippen LogP contribution in [0.5, 0.6) is 0 Å². The average Bonchev–Trinajstić information content (AvgIpc) is 3.74. The molecule has 0 aliphatic carbocycles. The molecule has 0 radical (unpaired) electrons. The molecule has 290 valence electrons. The fraction of sp³-hybridized carbons (Fsp3) is 0. The van der Waals surface area contributed by atoms with Crippen LogP contribution in [0.4, 0.5) is 17.1 Å². The van der Waals surface area contributed by atoms with Crippen LogP contribution in [0.2, 0.25) is 0 Å². The molecule has 2 heteroatoms. The summed E-state index contributed by atoms with van der Waals surface area (Å²) in [5.74, 6) is 0. The minimum atomic E-state index is -0.478. The third-order valence-electron chi connectivity index (χ3n) is 12.1. The first-order valence-electron chi connectivity index (χ1n) is 24.3. The molecule has 0 unspecified atom stereocenters. The van der Waals surface area contributed by atoms with E-state index in [4.69, 9.17) is 9.60 Å². The molecule has 0 spiro atoms. The molecule has 12 rings (SSSR count). The van der Waals surface area contributed by atoms with Gasteiger partial charge < -0.3 is 9.47 Å². The third kappa shape index (κ3) is 5.96. The van der Waals surface area contributed by atoms with Crippen molar-refractivity contribution in [2.45, 2.75) is 0 Å². The molecule has 0 saturated carbocycles. The maximum absolute atomic E-state index is 9.06. The highest BCUT2D eigenvalue weighted by Gasteiger charge is 2.22. The molecule has 62 heavy (non-hydrogen) atoms. The quantitative estimate of drug-likeness (QED) is 0.156.